The molecule has 2 nitrogen and oxygen atoms in total. The Bertz CT molecular complexity index is 777. The Morgan fingerprint density at radius 3 is 2.60 bits per heavy atom. The predicted octanol–water partition coefficient (Wildman–Crippen LogP) is 4.18. The summed E-state index contributed by atoms with van der Waals surface area (Å²) >= 11 is 0. The van der Waals surface area contributed by atoms with Crippen LogP contribution < -0.4 is 0 Å². The fraction of sp³-hybridized carbons (Fsp3) is 0.222. The molecule has 0 aliphatic heterocycles. The number of hydrogen-bond acceptors (Lipinski definition) is 2. The van der Waals surface area contributed by atoms with Crippen molar-refractivity contribution in [1.82, 2.24) is 9.97 Å². The maximum atomic E-state index is 4.90. The normalized spacial score (nSPS) is 14.2. The van der Waals surface area contributed by atoms with E-state index in [4.69, 9.17) is 4.98 Å². The number of nitrogens with zero attached hydrogens (tertiary/aromatic N) is 2. The molecule has 0 spiro atoms. The molecule has 0 bridgehead atoms. The highest BCUT2D eigenvalue weighted by molar-refractivity contribution is 5.83. The third-order valence-corrected chi connectivity index (χ3v) is 4.06. The molecule has 2 aromatic heterocycles. The highest BCUT2D eigenvalue weighted by atomic mass is 14.8. The standard InChI is InChI=1S/C18H16N2/c1-2-8-15-12-14-7-3-4-10-16(14)20-18(15)17-13(6-1)9-5-11-19-17/h3-5,7,9-12H,1-2,6,8H2. The number of aryl methyl sites for hydroxylation is 2. The van der Waals surface area contributed by atoms with Gasteiger partial charge < -0.3 is 0 Å². The summed E-state index contributed by atoms with van der Waals surface area (Å²) in [4.78, 5) is 9.50. The number of fused-ring (bicyclic) bond motifs is 4. The number of hydrogen-bond donors (Lipinski definition) is 0. The zero-order valence-electron chi connectivity index (χ0n) is 11.3. The molecule has 0 amide bonds. The summed E-state index contributed by atoms with van der Waals surface area (Å²) in [6.45, 7) is 0. The van der Waals surface area contributed by atoms with Crippen molar-refractivity contribution in [2.75, 3.05) is 0 Å². The summed E-state index contributed by atoms with van der Waals surface area (Å²) in [5.41, 5.74) is 5.88. The van der Waals surface area contributed by atoms with E-state index in [2.05, 4.69) is 35.3 Å². The second-order valence-corrected chi connectivity index (χ2v) is 5.41. The van der Waals surface area contributed by atoms with Gasteiger partial charge in [0.2, 0.25) is 0 Å². The minimum atomic E-state index is 1.06. The Kier molecular flexibility index (Phi) is 2.73. The minimum absolute atomic E-state index is 1.06. The number of rotatable bonds is 0. The van der Waals surface area contributed by atoms with Crippen molar-refractivity contribution in [3.8, 4) is 11.4 Å². The van der Waals surface area contributed by atoms with Gasteiger partial charge in [-0.1, -0.05) is 24.3 Å². The van der Waals surface area contributed by atoms with E-state index in [-0.39, 0.29) is 0 Å². The average molecular weight is 260 g/mol. The topological polar surface area (TPSA) is 25.8 Å². The number of para-hydroxylation sites is 1. The minimum Gasteiger partial charge on any atom is -0.254 e. The molecule has 98 valence electrons. The van der Waals surface area contributed by atoms with Crippen molar-refractivity contribution in [3.05, 3.63) is 59.8 Å². The maximum absolute atomic E-state index is 4.90. The van der Waals surface area contributed by atoms with Crippen LogP contribution in [0.5, 0.6) is 0 Å². The highest BCUT2D eigenvalue weighted by Crippen LogP contribution is 2.30. The Morgan fingerprint density at radius 1 is 0.800 bits per heavy atom. The van der Waals surface area contributed by atoms with Crippen LogP contribution in [0.4, 0.5) is 0 Å². The van der Waals surface area contributed by atoms with E-state index in [0.717, 1.165) is 29.7 Å². The van der Waals surface area contributed by atoms with Gasteiger partial charge in [0, 0.05) is 11.6 Å². The molecule has 1 aliphatic rings. The van der Waals surface area contributed by atoms with Crippen molar-refractivity contribution in [1.29, 1.82) is 0 Å². The Labute approximate surface area is 118 Å². The Balaban J connectivity index is 2.03. The third kappa shape index (κ3) is 1.88. The van der Waals surface area contributed by atoms with Crippen molar-refractivity contribution in [3.63, 3.8) is 0 Å². The van der Waals surface area contributed by atoms with Gasteiger partial charge in [-0.05, 0) is 55.0 Å². The van der Waals surface area contributed by atoms with Gasteiger partial charge in [0.05, 0.1) is 16.9 Å². The van der Waals surface area contributed by atoms with Crippen molar-refractivity contribution in [2.45, 2.75) is 25.7 Å². The van der Waals surface area contributed by atoms with Gasteiger partial charge in [0.1, 0.15) is 0 Å². The molecular formula is C18H16N2. The lowest BCUT2D eigenvalue weighted by Gasteiger charge is -2.16. The van der Waals surface area contributed by atoms with E-state index in [1.165, 1.54) is 29.4 Å². The first kappa shape index (κ1) is 11.6. The predicted molar refractivity (Wildman–Crippen MR) is 81.6 cm³/mol. The number of aromatic nitrogens is 2. The molecule has 0 saturated heterocycles. The van der Waals surface area contributed by atoms with Crippen LogP contribution in [0.3, 0.4) is 0 Å². The van der Waals surface area contributed by atoms with Gasteiger partial charge >= 0.3 is 0 Å². The van der Waals surface area contributed by atoms with Crippen molar-refractivity contribution >= 4 is 10.9 Å². The Morgan fingerprint density at radius 2 is 1.65 bits per heavy atom. The van der Waals surface area contributed by atoms with E-state index in [1.807, 2.05) is 18.3 Å². The van der Waals surface area contributed by atoms with Crippen LogP contribution in [0.15, 0.2) is 48.7 Å². The smallest absolute Gasteiger partial charge is 0.0928 e. The molecule has 2 heterocycles. The van der Waals surface area contributed by atoms with Crippen LogP contribution in [0, 0.1) is 0 Å². The molecule has 0 atom stereocenters. The fourth-order valence-corrected chi connectivity index (χ4v) is 3.04. The molecule has 0 saturated carbocycles. The summed E-state index contributed by atoms with van der Waals surface area (Å²) in [7, 11) is 0. The van der Waals surface area contributed by atoms with Crippen LogP contribution >= 0.6 is 0 Å². The van der Waals surface area contributed by atoms with Gasteiger partial charge in [-0.2, -0.15) is 0 Å². The third-order valence-electron chi connectivity index (χ3n) is 4.06. The van der Waals surface area contributed by atoms with E-state index in [0.29, 0.717) is 0 Å². The lowest BCUT2D eigenvalue weighted by molar-refractivity contribution is 0.725. The van der Waals surface area contributed by atoms with Crippen LogP contribution in [-0.4, -0.2) is 9.97 Å². The molecule has 3 aromatic rings. The SMILES string of the molecule is c1cnc2c(c1)CCCCc1cc3ccccc3nc1-2. The quantitative estimate of drug-likeness (QED) is 0.606. The molecule has 1 aliphatic carbocycles. The summed E-state index contributed by atoms with van der Waals surface area (Å²) < 4.78 is 0. The molecule has 2 heteroatoms. The summed E-state index contributed by atoms with van der Waals surface area (Å²) in [5, 5.41) is 1.23. The molecule has 0 unspecified atom stereocenters. The van der Waals surface area contributed by atoms with Crippen molar-refractivity contribution in [2.24, 2.45) is 0 Å². The van der Waals surface area contributed by atoms with Crippen LogP contribution in [0.2, 0.25) is 0 Å². The van der Waals surface area contributed by atoms with Gasteiger partial charge in [-0.3, -0.25) is 4.98 Å². The first-order valence-electron chi connectivity index (χ1n) is 7.25. The fourth-order valence-electron chi connectivity index (χ4n) is 3.04. The van der Waals surface area contributed by atoms with E-state index < -0.39 is 0 Å². The highest BCUT2D eigenvalue weighted by Gasteiger charge is 2.16. The molecule has 0 fully saturated rings. The molecule has 0 N–H and O–H groups in total. The largest absolute Gasteiger partial charge is 0.254 e. The summed E-state index contributed by atoms with van der Waals surface area (Å²) in [6, 6.07) is 14.9. The molecular weight excluding hydrogens is 244 g/mol. The van der Waals surface area contributed by atoms with Gasteiger partial charge in [0.25, 0.3) is 0 Å². The van der Waals surface area contributed by atoms with E-state index in [9.17, 15) is 0 Å². The van der Waals surface area contributed by atoms with Gasteiger partial charge in [-0.15, -0.1) is 0 Å². The summed E-state index contributed by atoms with van der Waals surface area (Å²) in [6.07, 6.45) is 6.54. The van der Waals surface area contributed by atoms with E-state index in [1.54, 1.807) is 0 Å². The van der Waals surface area contributed by atoms with Gasteiger partial charge in [-0.25, -0.2) is 4.98 Å². The maximum Gasteiger partial charge on any atom is 0.0928 e. The zero-order valence-corrected chi connectivity index (χ0v) is 11.3. The van der Waals surface area contributed by atoms with Crippen LogP contribution in [0.1, 0.15) is 24.0 Å². The monoisotopic (exact) mass is 260 g/mol. The second kappa shape index (κ2) is 4.71. The van der Waals surface area contributed by atoms with Crippen LogP contribution in [0.25, 0.3) is 22.3 Å². The number of pyridine rings is 2. The second-order valence-electron chi connectivity index (χ2n) is 5.41. The lowest BCUT2D eigenvalue weighted by atomic mass is 9.93. The molecule has 1 aromatic carbocycles. The van der Waals surface area contributed by atoms with E-state index >= 15 is 0 Å². The van der Waals surface area contributed by atoms with Crippen molar-refractivity contribution < 1.29 is 0 Å². The molecule has 0 radical (unpaired) electrons. The first-order valence-corrected chi connectivity index (χ1v) is 7.25. The zero-order chi connectivity index (χ0) is 13.4. The average Bonchev–Trinajstić information content (AvgIpc) is 2.49. The molecule has 4 rings (SSSR count). The summed E-state index contributed by atoms with van der Waals surface area (Å²) in [5.74, 6) is 0. The van der Waals surface area contributed by atoms with Gasteiger partial charge in [0.15, 0.2) is 0 Å². The van der Waals surface area contributed by atoms with Crippen LogP contribution in [-0.2, 0) is 12.8 Å². The Hall–Kier alpha value is -2.22. The number of benzene rings is 1. The lowest BCUT2D eigenvalue weighted by Crippen LogP contribution is -2.04. The molecule has 20 heavy (non-hydrogen) atoms. The first-order chi connectivity index (χ1) is 9.92.